The van der Waals surface area contributed by atoms with Gasteiger partial charge in [-0.05, 0) is 62.2 Å². The van der Waals surface area contributed by atoms with Gasteiger partial charge in [0.15, 0.2) is 6.61 Å². The van der Waals surface area contributed by atoms with Gasteiger partial charge < -0.3 is 15.0 Å². The van der Waals surface area contributed by atoms with Gasteiger partial charge in [0.2, 0.25) is 5.91 Å². The first-order valence-corrected chi connectivity index (χ1v) is 10.8. The van der Waals surface area contributed by atoms with Crippen LogP contribution in [0, 0.1) is 0 Å². The lowest BCUT2D eigenvalue weighted by Gasteiger charge is -2.31. The van der Waals surface area contributed by atoms with Crippen LogP contribution in [0.3, 0.4) is 0 Å². The maximum absolute atomic E-state index is 13.1. The van der Waals surface area contributed by atoms with Crippen LogP contribution >= 0.6 is 34.8 Å². The van der Waals surface area contributed by atoms with Gasteiger partial charge in [0, 0.05) is 17.6 Å². The molecular formula is C22H25Cl3N2O3. The van der Waals surface area contributed by atoms with E-state index in [-0.39, 0.29) is 31.0 Å². The van der Waals surface area contributed by atoms with E-state index in [1.54, 1.807) is 42.5 Å². The molecule has 30 heavy (non-hydrogen) atoms. The highest BCUT2D eigenvalue weighted by Crippen LogP contribution is 2.24. The van der Waals surface area contributed by atoms with Crippen LogP contribution in [0.25, 0.3) is 0 Å². The van der Waals surface area contributed by atoms with Gasteiger partial charge in [-0.25, -0.2) is 0 Å². The zero-order chi connectivity index (χ0) is 22.3. The zero-order valence-corrected chi connectivity index (χ0v) is 19.4. The number of hydrogen-bond donors (Lipinski definition) is 1. The van der Waals surface area contributed by atoms with Crippen molar-refractivity contribution in [2.24, 2.45) is 0 Å². The molecule has 0 heterocycles. The topological polar surface area (TPSA) is 58.6 Å². The van der Waals surface area contributed by atoms with E-state index in [2.05, 4.69) is 5.32 Å². The van der Waals surface area contributed by atoms with Crippen molar-refractivity contribution < 1.29 is 14.3 Å². The highest BCUT2D eigenvalue weighted by molar-refractivity contribution is 6.42. The summed E-state index contributed by atoms with van der Waals surface area (Å²) in [7, 11) is 0. The number of rotatable bonds is 9. The summed E-state index contributed by atoms with van der Waals surface area (Å²) < 4.78 is 5.61. The molecule has 1 atom stereocenters. The second kappa shape index (κ2) is 11.4. The van der Waals surface area contributed by atoms with Crippen molar-refractivity contribution in [3.63, 3.8) is 0 Å². The van der Waals surface area contributed by atoms with E-state index in [1.807, 2.05) is 20.8 Å². The van der Waals surface area contributed by atoms with Crippen LogP contribution in [0.4, 0.5) is 0 Å². The van der Waals surface area contributed by atoms with E-state index < -0.39 is 6.04 Å². The second-order valence-electron chi connectivity index (χ2n) is 7.10. The number of halogens is 3. The predicted octanol–water partition coefficient (Wildman–Crippen LogP) is 5.36. The summed E-state index contributed by atoms with van der Waals surface area (Å²) in [6, 6.07) is 11.2. The summed E-state index contributed by atoms with van der Waals surface area (Å²) in [5.74, 6) is -0.0175. The highest BCUT2D eigenvalue weighted by Gasteiger charge is 2.29. The lowest BCUT2D eigenvalue weighted by Crippen LogP contribution is -2.51. The SMILES string of the molecule is CC[C@H](C(=O)NC(C)C)N(Cc1ccc(Cl)c(Cl)c1)C(=O)COc1ccc(Cl)cc1. The Bertz CT molecular complexity index is 872. The molecule has 0 spiro atoms. The normalized spacial score (nSPS) is 11.8. The number of ether oxygens (including phenoxy) is 1. The van der Waals surface area contributed by atoms with Gasteiger partial charge in [0.05, 0.1) is 10.0 Å². The maximum atomic E-state index is 13.1. The molecule has 0 bridgehead atoms. The van der Waals surface area contributed by atoms with E-state index in [4.69, 9.17) is 39.5 Å². The minimum absolute atomic E-state index is 0.0428. The Morgan fingerprint density at radius 1 is 1.03 bits per heavy atom. The Morgan fingerprint density at radius 3 is 2.27 bits per heavy atom. The Hall–Kier alpha value is -1.95. The molecule has 0 radical (unpaired) electrons. The molecule has 0 aliphatic rings. The largest absolute Gasteiger partial charge is 0.484 e. The van der Waals surface area contributed by atoms with E-state index >= 15 is 0 Å². The fourth-order valence-electron chi connectivity index (χ4n) is 2.89. The van der Waals surface area contributed by atoms with Crippen LogP contribution < -0.4 is 10.1 Å². The first kappa shape index (κ1) is 24.3. The molecule has 0 aliphatic carbocycles. The lowest BCUT2D eigenvalue weighted by molar-refractivity contribution is -0.143. The van der Waals surface area contributed by atoms with Crippen molar-refractivity contribution in [2.75, 3.05) is 6.61 Å². The molecule has 2 amide bonds. The van der Waals surface area contributed by atoms with Crippen LogP contribution in [0.2, 0.25) is 15.1 Å². The molecule has 162 valence electrons. The Labute approximate surface area is 192 Å². The average Bonchev–Trinajstić information content (AvgIpc) is 2.69. The number of carbonyl (C=O) groups is 2. The molecule has 5 nitrogen and oxygen atoms in total. The third kappa shape index (κ3) is 7.08. The van der Waals surface area contributed by atoms with Gasteiger partial charge in [-0.3, -0.25) is 9.59 Å². The first-order valence-electron chi connectivity index (χ1n) is 9.63. The molecule has 0 aromatic heterocycles. The molecule has 2 rings (SSSR count). The van der Waals surface area contributed by atoms with Crippen molar-refractivity contribution in [1.29, 1.82) is 0 Å². The van der Waals surface area contributed by atoms with Crippen molar-refractivity contribution >= 4 is 46.6 Å². The number of hydrogen-bond acceptors (Lipinski definition) is 3. The molecule has 0 unspecified atom stereocenters. The Kier molecular flexibility index (Phi) is 9.28. The van der Waals surface area contributed by atoms with E-state index in [1.165, 1.54) is 4.90 Å². The third-order valence-corrected chi connectivity index (χ3v) is 5.32. The Balaban J connectivity index is 2.23. The molecule has 0 saturated heterocycles. The molecule has 8 heteroatoms. The van der Waals surface area contributed by atoms with Gasteiger partial charge in [0.25, 0.3) is 5.91 Å². The Morgan fingerprint density at radius 2 is 1.70 bits per heavy atom. The van der Waals surface area contributed by atoms with Crippen molar-refractivity contribution in [3.05, 3.63) is 63.1 Å². The quantitative estimate of drug-likeness (QED) is 0.536. The smallest absolute Gasteiger partial charge is 0.261 e. The summed E-state index contributed by atoms with van der Waals surface area (Å²) in [6.45, 7) is 5.59. The minimum atomic E-state index is -0.650. The number of amides is 2. The average molecular weight is 472 g/mol. The van der Waals surface area contributed by atoms with Crippen LogP contribution in [0.5, 0.6) is 5.75 Å². The number of nitrogens with zero attached hydrogens (tertiary/aromatic N) is 1. The summed E-state index contributed by atoms with van der Waals surface area (Å²) >= 11 is 18.0. The van der Waals surface area contributed by atoms with Gasteiger partial charge in [-0.2, -0.15) is 0 Å². The van der Waals surface area contributed by atoms with Crippen LogP contribution in [-0.4, -0.2) is 35.4 Å². The standard InChI is InChI=1S/C22H25Cl3N2O3/c1-4-20(22(29)26-14(2)3)27(12-15-5-10-18(24)19(25)11-15)21(28)13-30-17-8-6-16(23)7-9-17/h5-11,14,20H,4,12-13H2,1-3H3,(H,26,29)/t20-/m1/s1. The molecule has 0 saturated carbocycles. The maximum Gasteiger partial charge on any atom is 0.261 e. The fourth-order valence-corrected chi connectivity index (χ4v) is 3.34. The first-order chi connectivity index (χ1) is 14.2. The highest BCUT2D eigenvalue weighted by atomic mass is 35.5. The minimum Gasteiger partial charge on any atom is -0.484 e. The summed E-state index contributed by atoms with van der Waals surface area (Å²) in [4.78, 5) is 27.3. The van der Waals surface area contributed by atoms with Gasteiger partial charge in [-0.1, -0.05) is 47.8 Å². The second-order valence-corrected chi connectivity index (χ2v) is 8.35. The molecule has 2 aromatic carbocycles. The molecule has 1 N–H and O–H groups in total. The number of carbonyl (C=O) groups excluding carboxylic acids is 2. The lowest BCUT2D eigenvalue weighted by atomic mass is 10.1. The zero-order valence-electron chi connectivity index (χ0n) is 17.1. The number of nitrogens with one attached hydrogen (secondary N) is 1. The summed E-state index contributed by atoms with van der Waals surface area (Å²) in [5.41, 5.74) is 0.764. The van der Waals surface area contributed by atoms with E-state index in [0.29, 0.717) is 27.2 Å². The molecular weight excluding hydrogens is 447 g/mol. The van der Waals surface area contributed by atoms with Crippen molar-refractivity contribution in [3.8, 4) is 5.75 Å². The summed E-state index contributed by atoms with van der Waals surface area (Å²) in [6.07, 6.45) is 0.451. The predicted molar refractivity (Wildman–Crippen MR) is 121 cm³/mol. The van der Waals surface area contributed by atoms with Gasteiger partial charge >= 0.3 is 0 Å². The monoisotopic (exact) mass is 470 g/mol. The molecule has 0 fully saturated rings. The van der Waals surface area contributed by atoms with Crippen molar-refractivity contribution in [1.82, 2.24) is 10.2 Å². The number of benzene rings is 2. The van der Waals surface area contributed by atoms with Gasteiger partial charge in [-0.15, -0.1) is 0 Å². The summed E-state index contributed by atoms with van der Waals surface area (Å²) in [5, 5.41) is 4.27. The van der Waals surface area contributed by atoms with Crippen LogP contribution in [-0.2, 0) is 16.1 Å². The molecule has 0 aliphatic heterocycles. The fraction of sp³-hybridized carbons (Fsp3) is 0.364. The third-order valence-electron chi connectivity index (χ3n) is 4.33. The van der Waals surface area contributed by atoms with Gasteiger partial charge in [0.1, 0.15) is 11.8 Å². The van der Waals surface area contributed by atoms with Crippen LogP contribution in [0.1, 0.15) is 32.8 Å². The molecule has 2 aromatic rings. The van der Waals surface area contributed by atoms with Crippen LogP contribution in [0.15, 0.2) is 42.5 Å². The van der Waals surface area contributed by atoms with E-state index in [9.17, 15) is 9.59 Å². The van der Waals surface area contributed by atoms with Crippen molar-refractivity contribution in [2.45, 2.75) is 45.8 Å². The van der Waals surface area contributed by atoms with E-state index in [0.717, 1.165) is 5.56 Å².